The average Bonchev–Trinajstić information content (AvgIpc) is 3.37. The smallest absolute Gasteiger partial charge is 0.338 e. The summed E-state index contributed by atoms with van der Waals surface area (Å²) in [5.41, 5.74) is 1.05. The van der Waals surface area contributed by atoms with Crippen molar-refractivity contribution in [3.8, 4) is 0 Å². The molecule has 4 fully saturated rings. The van der Waals surface area contributed by atoms with Gasteiger partial charge in [0.1, 0.15) is 6.10 Å². The maximum atomic E-state index is 12.9. The van der Waals surface area contributed by atoms with Crippen molar-refractivity contribution in [2.75, 3.05) is 4.90 Å². The minimum Gasteiger partial charge on any atom is -0.459 e. The predicted molar refractivity (Wildman–Crippen MR) is 99.0 cm³/mol. The highest BCUT2D eigenvalue weighted by Gasteiger charge is 2.61. The number of amides is 2. The first-order valence-corrected chi connectivity index (χ1v) is 10.3. The Kier molecular flexibility index (Phi) is 4.06. The van der Waals surface area contributed by atoms with Gasteiger partial charge < -0.3 is 4.74 Å². The zero-order valence-electron chi connectivity index (χ0n) is 15.4. The van der Waals surface area contributed by atoms with Crippen molar-refractivity contribution in [3.05, 3.63) is 29.8 Å². The van der Waals surface area contributed by atoms with Crippen LogP contribution in [0.4, 0.5) is 5.69 Å². The molecule has 5 nitrogen and oxygen atoms in total. The Bertz CT molecular complexity index is 752. The van der Waals surface area contributed by atoms with Gasteiger partial charge in [-0.3, -0.25) is 14.5 Å². The molecule has 142 valence electrons. The van der Waals surface area contributed by atoms with Gasteiger partial charge in [-0.1, -0.05) is 6.42 Å². The second-order valence-electron chi connectivity index (χ2n) is 8.61. The summed E-state index contributed by atoms with van der Waals surface area (Å²) in [7, 11) is 0. The summed E-state index contributed by atoms with van der Waals surface area (Å²) >= 11 is 0. The van der Waals surface area contributed by atoms with E-state index < -0.39 is 0 Å². The number of nitrogens with zero attached hydrogens (tertiary/aromatic N) is 1. The van der Waals surface area contributed by atoms with Gasteiger partial charge in [-0.05, 0) is 81.0 Å². The number of benzene rings is 1. The molecule has 3 aliphatic carbocycles. The lowest BCUT2D eigenvalue weighted by Crippen LogP contribution is -2.32. The summed E-state index contributed by atoms with van der Waals surface area (Å²) in [6, 6.07) is 6.75. The summed E-state index contributed by atoms with van der Waals surface area (Å²) in [5, 5.41) is 0. The number of ether oxygens (including phenoxy) is 1. The fourth-order valence-electron chi connectivity index (χ4n) is 5.81. The molecule has 1 aliphatic heterocycles. The maximum absolute atomic E-state index is 12.9. The number of carbonyl (C=O) groups is 3. The highest BCUT2D eigenvalue weighted by Crippen LogP contribution is 2.56. The Hall–Kier alpha value is -2.17. The number of carbonyl (C=O) groups excluding carboxylic acids is 3. The first-order valence-electron chi connectivity index (χ1n) is 10.3. The van der Waals surface area contributed by atoms with Crippen LogP contribution >= 0.6 is 0 Å². The molecule has 5 heteroatoms. The van der Waals surface area contributed by atoms with Crippen molar-refractivity contribution in [3.63, 3.8) is 0 Å². The number of imide groups is 1. The van der Waals surface area contributed by atoms with Crippen LogP contribution in [-0.4, -0.2) is 23.9 Å². The molecule has 3 saturated carbocycles. The van der Waals surface area contributed by atoms with E-state index in [1.807, 2.05) is 0 Å². The van der Waals surface area contributed by atoms with Crippen molar-refractivity contribution in [2.24, 2.45) is 23.7 Å². The maximum Gasteiger partial charge on any atom is 0.338 e. The van der Waals surface area contributed by atoms with Crippen LogP contribution in [0, 0.1) is 23.7 Å². The normalized spacial score (nSPS) is 32.8. The van der Waals surface area contributed by atoms with Gasteiger partial charge in [-0.2, -0.15) is 0 Å². The highest BCUT2D eigenvalue weighted by molar-refractivity contribution is 6.22. The van der Waals surface area contributed by atoms with Gasteiger partial charge in [0.05, 0.1) is 23.1 Å². The Morgan fingerprint density at radius 2 is 1.44 bits per heavy atom. The van der Waals surface area contributed by atoms with Gasteiger partial charge in [-0.15, -0.1) is 0 Å². The van der Waals surface area contributed by atoms with Crippen molar-refractivity contribution in [2.45, 2.75) is 57.5 Å². The van der Waals surface area contributed by atoms with E-state index in [0.717, 1.165) is 44.9 Å². The van der Waals surface area contributed by atoms with Crippen molar-refractivity contribution >= 4 is 23.5 Å². The van der Waals surface area contributed by atoms with E-state index >= 15 is 0 Å². The van der Waals surface area contributed by atoms with E-state index in [9.17, 15) is 14.4 Å². The quantitative estimate of drug-likeness (QED) is 0.603. The lowest BCUT2D eigenvalue weighted by atomic mass is 9.81. The Morgan fingerprint density at radius 1 is 0.852 bits per heavy atom. The third-order valence-corrected chi connectivity index (χ3v) is 7.11. The summed E-state index contributed by atoms with van der Waals surface area (Å²) in [6.07, 6.45) is 8.51. The van der Waals surface area contributed by atoms with E-state index in [1.54, 1.807) is 24.3 Å². The summed E-state index contributed by atoms with van der Waals surface area (Å²) in [6.45, 7) is 0. The van der Waals surface area contributed by atoms with E-state index in [4.69, 9.17) is 4.74 Å². The third kappa shape index (κ3) is 2.70. The molecule has 5 rings (SSSR count). The number of rotatable bonds is 3. The third-order valence-electron chi connectivity index (χ3n) is 7.11. The molecule has 2 amide bonds. The molecule has 1 heterocycles. The molecular weight excluding hydrogens is 342 g/mol. The zero-order valence-corrected chi connectivity index (χ0v) is 15.4. The van der Waals surface area contributed by atoms with Crippen LogP contribution < -0.4 is 4.90 Å². The number of hydrogen-bond donors (Lipinski definition) is 0. The van der Waals surface area contributed by atoms with Gasteiger partial charge >= 0.3 is 5.97 Å². The van der Waals surface area contributed by atoms with Gasteiger partial charge in [0.2, 0.25) is 11.8 Å². The summed E-state index contributed by atoms with van der Waals surface area (Å²) < 4.78 is 5.60. The van der Waals surface area contributed by atoms with E-state index in [-0.39, 0.29) is 35.7 Å². The number of esters is 1. The Balaban J connectivity index is 1.31. The summed E-state index contributed by atoms with van der Waals surface area (Å²) in [4.78, 5) is 39.5. The Morgan fingerprint density at radius 3 is 2.04 bits per heavy atom. The van der Waals surface area contributed by atoms with Gasteiger partial charge in [0.25, 0.3) is 0 Å². The minimum absolute atomic E-state index is 0.0162. The van der Waals surface area contributed by atoms with E-state index in [2.05, 4.69) is 0 Å². The second kappa shape index (κ2) is 6.47. The second-order valence-corrected chi connectivity index (χ2v) is 8.61. The average molecular weight is 367 g/mol. The lowest BCUT2D eigenvalue weighted by molar-refractivity contribution is -0.123. The van der Waals surface area contributed by atoms with Crippen LogP contribution in [0.2, 0.25) is 0 Å². The molecule has 27 heavy (non-hydrogen) atoms. The van der Waals surface area contributed by atoms with Crippen molar-refractivity contribution in [1.29, 1.82) is 0 Å². The van der Waals surface area contributed by atoms with Crippen LogP contribution in [0.1, 0.15) is 61.7 Å². The standard InChI is InChI=1S/C22H25NO4/c24-20-18-14-6-7-15(12-14)19(18)21(25)23(20)16-10-8-13(9-11-16)22(26)27-17-4-2-1-3-5-17/h8-11,14-15,17-19H,1-7,12H2. The Labute approximate surface area is 159 Å². The first kappa shape index (κ1) is 17.0. The predicted octanol–water partition coefficient (Wildman–Crippen LogP) is 3.71. The summed E-state index contributed by atoms with van der Waals surface area (Å²) in [5.74, 6) is 0.115. The molecule has 0 N–H and O–H groups in total. The number of fused-ring (bicyclic) bond motifs is 5. The largest absolute Gasteiger partial charge is 0.459 e. The molecule has 1 saturated heterocycles. The molecule has 4 atom stereocenters. The fraction of sp³-hybridized carbons (Fsp3) is 0.591. The number of anilines is 1. The number of hydrogen-bond acceptors (Lipinski definition) is 4. The molecule has 0 radical (unpaired) electrons. The lowest BCUT2D eigenvalue weighted by Gasteiger charge is -2.22. The van der Waals surface area contributed by atoms with E-state index in [1.165, 1.54) is 11.3 Å². The molecular formula is C22H25NO4. The molecule has 4 aliphatic rings. The molecule has 1 aromatic carbocycles. The zero-order chi connectivity index (χ0) is 18.5. The molecule has 0 spiro atoms. The van der Waals surface area contributed by atoms with Crippen LogP contribution in [0.3, 0.4) is 0 Å². The van der Waals surface area contributed by atoms with Crippen molar-refractivity contribution in [1.82, 2.24) is 0 Å². The van der Waals surface area contributed by atoms with Gasteiger partial charge in [0, 0.05) is 0 Å². The fourth-order valence-corrected chi connectivity index (χ4v) is 5.81. The monoisotopic (exact) mass is 367 g/mol. The molecule has 1 aromatic rings. The van der Waals surface area contributed by atoms with Crippen LogP contribution in [0.15, 0.2) is 24.3 Å². The van der Waals surface area contributed by atoms with E-state index in [0.29, 0.717) is 23.1 Å². The van der Waals surface area contributed by atoms with Crippen LogP contribution in [-0.2, 0) is 14.3 Å². The molecule has 2 bridgehead atoms. The van der Waals surface area contributed by atoms with Gasteiger partial charge in [0.15, 0.2) is 0 Å². The molecule has 0 aromatic heterocycles. The van der Waals surface area contributed by atoms with Crippen LogP contribution in [0.5, 0.6) is 0 Å². The molecule has 4 unspecified atom stereocenters. The van der Waals surface area contributed by atoms with Gasteiger partial charge in [-0.25, -0.2) is 4.79 Å². The highest BCUT2D eigenvalue weighted by atomic mass is 16.5. The van der Waals surface area contributed by atoms with Crippen molar-refractivity contribution < 1.29 is 19.1 Å². The van der Waals surface area contributed by atoms with Crippen LogP contribution in [0.25, 0.3) is 0 Å². The topological polar surface area (TPSA) is 63.7 Å². The first-order chi connectivity index (χ1) is 13.1. The minimum atomic E-state index is -0.317. The SMILES string of the molecule is O=C(OC1CCCCC1)c1ccc(N2C(=O)C3C4CCC(C4)C3C2=O)cc1.